The first-order valence-corrected chi connectivity index (χ1v) is 6.45. The normalized spacial score (nSPS) is 12.9. The summed E-state index contributed by atoms with van der Waals surface area (Å²) < 4.78 is 37.5. The maximum absolute atomic E-state index is 12.5. The summed E-state index contributed by atoms with van der Waals surface area (Å²) in [6.07, 6.45) is -5.87. The van der Waals surface area contributed by atoms with Crippen LogP contribution in [-0.4, -0.2) is 22.3 Å². The van der Waals surface area contributed by atoms with Gasteiger partial charge in [0.2, 0.25) is 0 Å². The third-order valence-corrected chi connectivity index (χ3v) is 3.21. The lowest BCUT2D eigenvalue weighted by atomic mass is 10.0. The molecule has 0 amide bonds. The number of benzene rings is 2. The Labute approximate surface area is 124 Å². The van der Waals surface area contributed by atoms with Gasteiger partial charge in [-0.15, -0.1) is 0 Å². The Morgan fingerprint density at radius 1 is 0.955 bits per heavy atom. The Hall–Kier alpha value is -2.34. The second-order valence-electron chi connectivity index (χ2n) is 4.83. The molecule has 2 aromatic carbocycles. The van der Waals surface area contributed by atoms with E-state index in [-0.39, 0.29) is 6.42 Å². The molecule has 6 heteroatoms. The Morgan fingerprint density at radius 2 is 1.41 bits per heavy atom. The van der Waals surface area contributed by atoms with Crippen molar-refractivity contribution in [1.82, 2.24) is 0 Å². The van der Waals surface area contributed by atoms with Crippen molar-refractivity contribution in [2.24, 2.45) is 0 Å². The predicted octanol–water partition coefficient (Wildman–Crippen LogP) is 3.36. The number of carbonyl (C=O) groups is 1. The molecule has 0 aliphatic heterocycles. The van der Waals surface area contributed by atoms with E-state index in [0.717, 1.165) is 12.1 Å². The molecule has 0 aromatic heterocycles. The summed E-state index contributed by atoms with van der Waals surface area (Å²) in [6.45, 7) is 0. The van der Waals surface area contributed by atoms with Crippen LogP contribution < -0.4 is 0 Å². The van der Waals surface area contributed by atoms with Gasteiger partial charge in [0, 0.05) is 6.42 Å². The van der Waals surface area contributed by atoms with E-state index in [0.29, 0.717) is 16.7 Å². The van der Waals surface area contributed by atoms with Gasteiger partial charge >= 0.3 is 12.1 Å². The summed E-state index contributed by atoms with van der Waals surface area (Å²) in [7, 11) is 0. The number of alkyl halides is 3. The Morgan fingerprint density at radius 3 is 1.82 bits per heavy atom. The fourth-order valence-electron chi connectivity index (χ4n) is 2.00. The van der Waals surface area contributed by atoms with Gasteiger partial charge in [-0.25, -0.2) is 4.79 Å². The minimum Gasteiger partial charge on any atom is -0.479 e. The van der Waals surface area contributed by atoms with Crippen molar-refractivity contribution in [2.45, 2.75) is 18.7 Å². The molecule has 0 heterocycles. The molecule has 2 N–H and O–H groups in total. The van der Waals surface area contributed by atoms with Gasteiger partial charge in [-0.3, -0.25) is 0 Å². The lowest BCUT2D eigenvalue weighted by Gasteiger charge is -2.09. The minimum absolute atomic E-state index is 0.0252. The summed E-state index contributed by atoms with van der Waals surface area (Å²) in [4.78, 5) is 10.6. The van der Waals surface area contributed by atoms with Gasteiger partial charge in [-0.1, -0.05) is 36.4 Å². The third kappa shape index (κ3) is 3.85. The van der Waals surface area contributed by atoms with E-state index in [1.165, 1.54) is 12.1 Å². The fraction of sp³-hybridized carbons (Fsp3) is 0.188. The molecule has 0 aliphatic carbocycles. The van der Waals surface area contributed by atoms with Gasteiger partial charge in [0.15, 0.2) is 6.10 Å². The Bertz CT molecular complexity index is 646. The third-order valence-electron chi connectivity index (χ3n) is 3.21. The van der Waals surface area contributed by atoms with Crippen LogP contribution in [0.15, 0.2) is 48.5 Å². The number of halogens is 3. The molecule has 1 atom stereocenters. The largest absolute Gasteiger partial charge is 0.479 e. The van der Waals surface area contributed by atoms with Gasteiger partial charge in [0.1, 0.15) is 0 Å². The topological polar surface area (TPSA) is 57.5 Å². The van der Waals surface area contributed by atoms with Crippen molar-refractivity contribution >= 4 is 5.97 Å². The number of aliphatic hydroxyl groups excluding tert-OH is 1. The van der Waals surface area contributed by atoms with Crippen LogP contribution in [0.25, 0.3) is 11.1 Å². The maximum atomic E-state index is 12.5. The van der Waals surface area contributed by atoms with E-state index in [4.69, 9.17) is 5.11 Å². The average Bonchev–Trinajstić information content (AvgIpc) is 2.47. The quantitative estimate of drug-likeness (QED) is 0.910. The monoisotopic (exact) mass is 310 g/mol. The smallest absolute Gasteiger partial charge is 0.416 e. The van der Waals surface area contributed by atoms with Crippen LogP contribution in [0.2, 0.25) is 0 Å². The molecule has 0 fully saturated rings. The van der Waals surface area contributed by atoms with Gasteiger partial charge in [-0.2, -0.15) is 13.2 Å². The number of hydrogen-bond donors (Lipinski definition) is 2. The summed E-state index contributed by atoms with van der Waals surface area (Å²) in [5.74, 6) is -1.30. The summed E-state index contributed by atoms with van der Waals surface area (Å²) >= 11 is 0. The van der Waals surface area contributed by atoms with Crippen LogP contribution in [0, 0.1) is 0 Å². The molecular formula is C16H13F3O3. The first kappa shape index (κ1) is 16.0. The first-order valence-electron chi connectivity index (χ1n) is 6.45. The lowest BCUT2D eigenvalue weighted by Crippen LogP contribution is -2.21. The van der Waals surface area contributed by atoms with Crippen molar-refractivity contribution in [3.8, 4) is 11.1 Å². The number of aliphatic carboxylic acids is 1. The standard InChI is InChI=1S/C16H13F3O3/c17-16(18,19)13-7-5-12(6-8-13)11-3-1-10(2-4-11)9-14(20)15(21)22/h1-8,14,20H,9H2,(H,21,22). The van der Waals surface area contributed by atoms with Crippen LogP contribution in [0.5, 0.6) is 0 Å². The van der Waals surface area contributed by atoms with Crippen LogP contribution in [-0.2, 0) is 17.4 Å². The first-order chi connectivity index (χ1) is 10.3. The highest BCUT2D eigenvalue weighted by atomic mass is 19.4. The van der Waals surface area contributed by atoms with Crippen molar-refractivity contribution in [3.63, 3.8) is 0 Å². The van der Waals surface area contributed by atoms with Crippen molar-refractivity contribution in [1.29, 1.82) is 0 Å². The zero-order chi connectivity index (χ0) is 16.3. The molecule has 2 rings (SSSR count). The van der Waals surface area contributed by atoms with E-state index in [1.807, 2.05) is 0 Å². The number of rotatable bonds is 4. The average molecular weight is 310 g/mol. The van der Waals surface area contributed by atoms with Crippen LogP contribution in [0.4, 0.5) is 13.2 Å². The van der Waals surface area contributed by atoms with E-state index in [9.17, 15) is 23.1 Å². The van der Waals surface area contributed by atoms with Crippen LogP contribution >= 0.6 is 0 Å². The second-order valence-corrected chi connectivity index (χ2v) is 4.83. The van der Waals surface area contributed by atoms with E-state index in [1.54, 1.807) is 24.3 Å². The highest BCUT2D eigenvalue weighted by molar-refractivity contribution is 5.72. The molecule has 1 unspecified atom stereocenters. The lowest BCUT2D eigenvalue weighted by molar-refractivity contribution is -0.146. The molecule has 3 nitrogen and oxygen atoms in total. The van der Waals surface area contributed by atoms with E-state index in [2.05, 4.69) is 0 Å². The second kappa shape index (κ2) is 6.19. The zero-order valence-corrected chi connectivity index (χ0v) is 11.3. The van der Waals surface area contributed by atoms with Crippen molar-refractivity contribution < 1.29 is 28.2 Å². The number of aliphatic hydroxyl groups is 1. The molecule has 0 saturated heterocycles. The molecule has 0 spiro atoms. The highest BCUT2D eigenvalue weighted by Gasteiger charge is 2.29. The summed E-state index contributed by atoms with van der Waals surface area (Å²) in [5, 5.41) is 17.9. The summed E-state index contributed by atoms with van der Waals surface area (Å²) in [6, 6.07) is 11.4. The maximum Gasteiger partial charge on any atom is 0.416 e. The molecule has 0 radical (unpaired) electrons. The van der Waals surface area contributed by atoms with Gasteiger partial charge in [-0.05, 0) is 28.8 Å². The molecule has 2 aromatic rings. The van der Waals surface area contributed by atoms with E-state index >= 15 is 0 Å². The molecule has 0 bridgehead atoms. The predicted molar refractivity (Wildman–Crippen MR) is 74.2 cm³/mol. The number of carboxylic acid groups (broad SMARTS) is 1. The molecule has 116 valence electrons. The fourth-order valence-corrected chi connectivity index (χ4v) is 2.00. The van der Waals surface area contributed by atoms with Crippen molar-refractivity contribution in [2.75, 3.05) is 0 Å². The molecule has 0 saturated carbocycles. The minimum atomic E-state index is -4.37. The van der Waals surface area contributed by atoms with Crippen LogP contribution in [0.3, 0.4) is 0 Å². The number of hydrogen-bond acceptors (Lipinski definition) is 2. The Balaban J connectivity index is 2.15. The van der Waals surface area contributed by atoms with Gasteiger partial charge < -0.3 is 10.2 Å². The summed E-state index contributed by atoms with van der Waals surface area (Å²) in [5.41, 5.74) is 1.25. The number of carboxylic acids is 1. The van der Waals surface area contributed by atoms with Crippen molar-refractivity contribution in [3.05, 3.63) is 59.7 Å². The molecule has 0 aliphatic rings. The van der Waals surface area contributed by atoms with E-state index < -0.39 is 23.8 Å². The SMILES string of the molecule is O=C(O)C(O)Cc1ccc(-c2ccc(C(F)(F)F)cc2)cc1. The van der Waals surface area contributed by atoms with Gasteiger partial charge in [0.25, 0.3) is 0 Å². The zero-order valence-electron chi connectivity index (χ0n) is 11.3. The molecule has 22 heavy (non-hydrogen) atoms. The van der Waals surface area contributed by atoms with Gasteiger partial charge in [0.05, 0.1) is 5.56 Å². The Kier molecular flexibility index (Phi) is 4.51. The van der Waals surface area contributed by atoms with Crippen LogP contribution in [0.1, 0.15) is 11.1 Å². The molecular weight excluding hydrogens is 297 g/mol. The highest BCUT2D eigenvalue weighted by Crippen LogP contribution is 2.31.